The predicted octanol–water partition coefficient (Wildman–Crippen LogP) is 6.46. The second-order valence-corrected chi connectivity index (χ2v) is 7.88. The Kier molecular flexibility index (Phi) is 5.87. The molecular weight excluding hydrogens is 432 g/mol. The summed E-state index contributed by atoms with van der Waals surface area (Å²) < 4.78 is 38.9. The van der Waals surface area contributed by atoms with Gasteiger partial charge in [0.2, 0.25) is 11.8 Å². The molecule has 0 aliphatic rings. The molecule has 0 saturated heterocycles. The number of hydrogen-bond donors (Lipinski definition) is 0. The van der Waals surface area contributed by atoms with Crippen LogP contribution >= 0.6 is 23.4 Å². The zero-order valence-corrected chi connectivity index (χ0v) is 17.7. The predicted molar refractivity (Wildman–Crippen MR) is 111 cm³/mol. The van der Waals surface area contributed by atoms with Crippen molar-refractivity contribution in [1.82, 2.24) is 15.0 Å². The third-order valence-corrected chi connectivity index (χ3v) is 5.51. The van der Waals surface area contributed by atoms with Gasteiger partial charge < -0.3 is 9.15 Å². The summed E-state index contributed by atoms with van der Waals surface area (Å²) in [5, 5.41) is 0.604. The Morgan fingerprint density at radius 3 is 2.63 bits per heavy atom. The first-order valence-corrected chi connectivity index (χ1v) is 10.3. The maximum Gasteiger partial charge on any atom is 0.255 e. The number of aromatic nitrogens is 3. The van der Waals surface area contributed by atoms with Crippen molar-refractivity contribution in [2.24, 2.45) is 0 Å². The van der Waals surface area contributed by atoms with Crippen LogP contribution in [0.25, 0.3) is 22.7 Å². The van der Waals surface area contributed by atoms with E-state index in [1.54, 1.807) is 6.07 Å². The van der Waals surface area contributed by atoms with E-state index in [1.807, 2.05) is 13.8 Å². The maximum absolute atomic E-state index is 13.7. The standard InChI is InChI=1S/C21H16ClF2N3O2S/c1-3-8-28-19-17-20(29-18(25-17)14-9-12(23)6-7-15(14)22)27-21(26-19)30-16-10-13(24)5-4-11(16)2/h4-7,9-10H,3,8H2,1-2H3. The molecule has 0 unspecified atom stereocenters. The summed E-state index contributed by atoms with van der Waals surface area (Å²) in [6, 6.07) is 8.40. The lowest BCUT2D eigenvalue weighted by Crippen LogP contribution is -2.00. The van der Waals surface area contributed by atoms with Crippen LogP contribution in [0, 0.1) is 18.6 Å². The first-order chi connectivity index (χ1) is 14.4. The van der Waals surface area contributed by atoms with Crippen LogP contribution in [0.5, 0.6) is 5.88 Å². The van der Waals surface area contributed by atoms with Gasteiger partial charge in [-0.25, -0.2) is 13.8 Å². The molecular formula is C21H16ClF2N3O2S. The van der Waals surface area contributed by atoms with Gasteiger partial charge in [0, 0.05) is 4.90 Å². The summed E-state index contributed by atoms with van der Waals surface area (Å²) in [6.07, 6.45) is 0.761. The Morgan fingerprint density at radius 1 is 1.07 bits per heavy atom. The second kappa shape index (κ2) is 8.57. The van der Waals surface area contributed by atoms with Crippen molar-refractivity contribution in [3.8, 4) is 17.3 Å². The highest BCUT2D eigenvalue weighted by molar-refractivity contribution is 7.99. The van der Waals surface area contributed by atoms with Crippen molar-refractivity contribution in [1.29, 1.82) is 0 Å². The van der Waals surface area contributed by atoms with Gasteiger partial charge in [0.15, 0.2) is 10.7 Å². The number of rotatable bonds is 6. The van der Waals surface area contributed by atoms with Gasteiger partial charge in [0.05, 0.1) is 17.2 Å². The number of oxazole rings is 1. The average molecular weight is 448 g/mol. The lowest BCUT2D eigenvalue weighted by molar-refractivity contribution is 0.305. The summed E-state index contributed by atoms with van der Waals surface area (Å²) in [4.78, 5) is 13.9. The Balaban J connectivity index is 1.81. The number of halogens is 3. The summed E-state index contributed by atoms with van der Waals surface area (Å²) in [7, 11) is 0. The Labute approximate surface area is 180 Å². The van der Waals surface area contributed by atoms with Gasteiger partial charge in [-0.1, -0.05) is 24.6 Å². The van der Waals surface area contributed by atoms with Gasteiger partial charge in [-0.05, 0) is 61.0 Å². The van der Waals surface area contributed by atoms with Crippen molar-refractivity contribution in [2.45, 2.75) is 30.3 Å². The second-order valence-electron chi connectivity index (χ2n) is 6.47. The van der Waals surface area contributed by atoms with Crippen molar-refractivity contribution in [2.75, 3.05) is 6.61 Å². The first kappa shape index (κ1) is 20.6. The van der Waals surface area contributed by atoms with E-state index in [9.17, 15) is 8.78 Å². The molecule has 30 heavy (non-hydrogen) atoms. The van der Waals surface area contributed by atoms with Crippen LogP contribution in [0.15, 0.2) is 50.9 Å². The minimum atomic E-state index is -0.469. The van der Waals surface area contributed by atoms with Gasteiger partial charge in [0.1, 0.15) is 11.6 Å². The third-order valence-electron chi connectivity index (χ3n) is 4.16. The quantitative estimate of drug-likeness (QED) is 0.316. The van der Waals surface area contributed by atoms with E-state index in [0.717, 1.165) is 12.0 Å². The molecule has 0 saturated carbocycles. The molecule has 0 aliphatic heterocycles. The Bertz CT molecular complexity index is 1230. The van der Waals surface area contributed by atoms with Crippen molar-refractivity contribution < 1.29 is 17.9 Å². The Morgan fingerprint density at radius 2 is 1.83 bits per heavy atom. The highest BCUT2D eigenvalue weighted by Gasteiger charge is 2.20. The molecule has 0 aliphatic carbocycles. The lowest BCUT2D eigenvalue weighted by atomic mass is 10.2. The van der Waals surface area contributed by atoms with Crippen LogP contribution in [0.1, 0.15) is 18.9 Å². The molecule has 0 N–H and O–H groups in total. The van der Waals surface area contributed by atoms with Crippen LogP contribution < -0.4 is 4.74 Å². The normalized spacial score (nSPS) is 11.2. The Hall–Kier alpha value is -2.71. The summed E-state index contributed by atoms with van der Waals surface area (Å²) in [5.41, 5.74) is 1.65. The van der Waals surface area contributed by atoms with Gasteiger partial charge in [-0.3, -0.25) is 0 Å². The number of aryl methyl sites for hydroxylation is 1. The van der Waals surface area contributed by atoms with Gasteiger partial charge >= 0.3 is 0 Å². The maximum atomic E-state index is 13.7. The van der Waals surface area contributed by atoms with Gasteiger partial charge in [-0.15, -0.1) is 0 Å². The molecule has 0 spiro atoms. The molecule has 9 heteroatoms. The van der Waals surface area contributed by atoms with Crippen LogP contribution in [0.4, 0.5) is 8.78 Å². The van der Waals surface area contributed by atoms with Gasteiger partial charge in [0.25, 0.3) is 5.71 Å². The molecule has 2 aromatic carbocycles. The van der Waals surface area contributed by atoms with Crippen LogP contribution in [0.2, 0.25) is 5.02 Å². The summed E-state index contributed by atoms with van der Waals surface area (Å²) >= 11 is 7.36. The van der Waals surface area contributed by atoms with Crippen molar-refractivity contribution >= 4 is 34.6 Å². The van der Waals surface area contributed by atoms with Crippen molar-refractivity contribution in [3.05, 3.63) is 58.6 Å². The van der Waals surface area contributed by atoms with E-state index in [0.29, 0.717) is 27.7 Å². The average Bonchev–Trinajstić information content (AvgIpc) is 3.14. The fourth-order valence-electron chi connectivity index (χ4n) is 2.68. The largest absolute Gasteiger partial charge is 0.476 e. The smallest absolute Gasteiger partial charge is 0.255 e. The highest BCUT2D eigenvalue weighted by Crippen LogP contribution is 2.35. The van der Waals surface area contributed by atoms with E-state index in [1.165, 1.54) is 42.1 Å². The number of ether oxygens (including phenoxy) is 1. The molecule has 154 valence electrons. The number of fused-ring (bicyclic) bond motifs is 1. The molecule has 0 radical (unpaired) electrons. The number of nitrogens with zero attached hydrogens (tertiary/aromatic N) is 3. The number of hydrogen-bond acceptors (Lipinski definition) is 6. The fraction of sp³-hybridized carbons (Fsp3) is 0.190. The van der Waals surface area contributed by atoms with Crippen LogP contribution in [0.3, 0.4) is 0 Å². The molecule has 4 aromatic rings. The van der Waals surface area contributed by atoms with Crippen LogP contribution in [-0.2, 0) is 0 Å². The molecule has 0 bridgehead atoms. The molecule has 0 amide bonds. The fourth-order valence-corrected chi connectivity index (χ4v) is 3.74. The van der Waals surface area contributed by atoms with E-state index in [2.05, 4.69) is 15.0 Å². The van der Waals surface area contributed by atoms with Gasteiger partial charge in [-0.2, -0.15) is 9.97 Å². The minimum Gasteiger partial charge on any atom is -0.476 e. The first-order valence-electron chi connectivity index (χ1n) is 9.15. The van der Waals surface area contributed by atoms with Crippen molar-refractivity contribution in [3.63, 3.8) is 0 Å². The van der Waals surface area contributed by atoms with E-state index in [4.69, 9.17) is 20.8 Å². The SMILES string of the molecule is CCCOc1nc(Sc2cc(F)ccc2C)nc2oc(-c3cc(F)ccc3Cl)nc12. The summed E-state index contributed by atoms with van der Waals surface area (Å²) in [6.45, 7) is 4.25. The molecule has 4 rings (SSSR count). The topological polar surface area (TPSA) is 61.0 Å². The van der Waals surface area contributed by atoms with E-state index in [-0.39, 0.29) is 28.3 Å². The summed E-state index contributed by atoms with van der Waals surface area (Å²) in [5.74, 6) is -0.479. The molecule has 2 heterocycles. The van der Waals surface area contributed by atoms with Crippen LogP contribution in [-0.4, -0.2) is 21.6 Å². The number of benzene rings is 2. The highest BCUT2D eigenvalue weighted by atomic mass is 35.5. The zero-order valence-electron chi connectivity index (χ0n) is 16.1. The molecule has 0 atom stereocenters. The molecule has 0 fully saturated rings. The molecule has 5 nitrogen and oxygen atoms in total. The zero-order chi connectivity index (χ0) is 21.3. The van der Waals surface area contributed by atoms with E-state index >= 15 is 0 Å². The molecule has 2 aromatic heterocycles. The lowest BCUT2D eigenvalue weighted by Gasteiger charge is -2.07. The minimum absolute atomic E-state index is 0.106. The third kappa shape index (κ3) is 4.24. The monoisotopic (exact) mass is 447 g/mol. The van der Waals surface area contributed by atoms with E-state index < -0.39 is 5.82 Å².